The van der Waals surface area contributed by atoms with Crippen LogP contribution in [0.1, 0.15) is 55.7 Å². The van der Waals surface area contributed by atoms with Gasteiger partial charge in [-0.1, -0.05) is 38.5 Å². The van der Waals surface area contributed by atoms with E-state index in [0.717, 1.165) is 5.92 Å². The predicted molar refractivity (Wildman–Crippen MR) is 63.9 cm³/mol. The molecule has 0 fully saturated rings. The van der Waals surface area contributed by atoms with Crippen LogP contribution in [0, 0.1) is 13.8 Å². The van der Waals surface area contributed by atoms with Gasteiger partial charge in [0.05, 0.1) is 0 Å². The van der Waals surface area contributed by atoms with E-state index in [2.05, 4.69) is 45.9 Å². The molecule has 0 aliphatic heterocycles. The van der Waals surface area contributed by atoms with Crippen molar-refractivity contribution in [3.63, 3.8) is 0 Å². The van der Waals surface area contributed by atoms with Gasteiger partial charge in [0.2, 0.25) is 0 Å². The summed E-state index contributed by atoms with van der Waals surface area (Å²) in [5.74, 6) is 0.765. The molecule has 0 aromatic heterocycles. The van der Waals surface area contributed by atoms with Crippen molar-refractivity contribution in [1.82, 2.24) is 0 Å². The summed E-state index contributed by atoms with van der Waals surface area (Å²) in [6.07, 6.45) is 3.87. The second-order valence-electron chi connectivity index (χ2n) is 4.20. The Bertz CT molecular complexity index is 266. The van der Waals surface area contributed by atoms with E-state index < -0.39 is 0 Å². The van der Waals surface area contributed by atoms with Gasteiger partial charge in [0.15, 0.2) is 0 Å². The lowest BCUT2D eigenvalue weighted by Crippen LogP contribution is -2.02. The molecular weight excluding hydrogens is 168 g/mol. The van der Waals surface area contributed by atoms with Crippen LogP contribution in [0.2, 0.25) is 0 Å². The fourth-order valence-electron chi connectivity index (χ4n) is 2.37. The van der Waals surface area contributed by atoms with Gasteiger partial charge in [-0.05, 0) is 49.3 Å². The van der Waals surface area contributed by atoms with Crippen LogP contribution in [0.3, 0.4) is 0 Å². The van der Waals surface area contributed by atoms with Crippen molar-refractivity contribution in [2.75, 3.05) is 0 Å². The van der Waals surface area contributed by atoms with Gasteiger partial charge in [-0.3, -0.25) is 0 Å². The predicted octanol–water partition coefficient (Wildman–Crippen LogP) is 4.60. The normalized spacial score (nSPS) is 12.9. The Balaban J connectivity index is 3.02. The lowest BCUT2D eigenvalue weighted by atomic mass is 9.86. The molecule has 0 radical (unpaired) electrons. The fourth-order valence-corrected chi connectivity index (χ4v) is 2.37. The highest BCUT2D eigenvalue weighted by atomic mass is 14.2. The smallest absolute Gasteiger partial charge is 0.0159 e. The molecule has 0 heteroatoms. The molecule has 1 unspecified atom stereocenters. The van der Waals surface area contributed by atoms with Gasteiger partial charge in [0.25, 0.3) is 0 Å². The summed E-state index contributed by atoms with van der Waals surface area (Å²) in [5.41, 5.74) is 4.52. The quantitative estimate of drug-likeness (QED) is 0.651. The lowest BCUT2D eigenvalue weighted by molar-refractivity contribution is 0.590. The van der Waals surface area contributed by atoms with Crippen LogP contribution in [-0.4, -0.2) is 0 Å². The van der Waals surface area contributed by atoms with Crippen molar-refractivity contribution in [3.05, 3.63) is 34.9 Å². The molecule has 0 aliphatic carbocycles. The minimum Gasteiger partial charge on any atom is -0.0654 e. The van der Waals surface area contributed by atoms with E-state index in [-0.39, 0.29) is 0 Å². The summed E-state index contributed by atoms with van der Waals surface area (Å²) >= 11 is 0. The Labute approximate surface area is 88.4 Å². The lowest BCUT2D eigenvalue weighted by Gasteiger charge is -2.19. The first-order valence-corrected chi connectivity index (χ1v) is 5.76. The second-order valence-corrected chi connectivity index (χ2v) is 4.20. The zero-order chi connectivity index (χ0) is 10.6. The largest absolute Gasteiger partial charge is 0.0654 e. The van der Waals surface area contributed by atoms with Crippen LogP contribution in [0.15, 0.2) is 18.2 Å². The molecule has 0 heterocycles. The number of aryl methyl sites for hydroxylation is 2. The van der Waals surface area contributed by atoms with Gasteiger partial charge in [0.1, 0.15) is 0 Å². The standard InChI is InChI=1S/C14H22/c1-5-8-13(6-2)14-11(3)9-7-10-12(14)4/h7,9-10,13H,5-6,8H2,1-4H3. The third-order valence-electron chi connectivity index (χ3n) is 3.08. The molecule has 78 valence electrons. The number of benzene rings is 1. The van der Waals surface area contributed by atoms with Gasteiger partial charge in [-0.15, -0.1) is 0 Å². The molecule has 0 saturated heterocycles. The van der Waals surface area contributed by atoms with Crippen LogP contribution in [0.25, 0.3) is 0 Å². The monoisotopic (exact) mass is 190 g/mol. The summed E-state index contributed by atoms with van der Waals surface area (Å²) in [5, 5.41) is 0. The summed E-state index contributed by atoms with van der Waals surface area (Å²) < 4.78 is 0. The van der Waals surface area contributed by atoms with E-state index in [9.17, 15) is 0 Å². The minimum absolute atomic E-state index is 0.765. The molecule has 1 aromatic rings. The molecule has 0 spiro atoms. The molecule has 0 bridgehead atoms. The maximum Gasteiger partial charge on any atom is -0.0159 e. The Morgan fingerprint density at radius 3 is 2.07 bits per heavy atom. The van der Waals surface area contributed by atoms with E-state index in [0.29, 0.717) is 0 Å². The van der Waals surface area contributed by atoms with E-state index in [1.165, 1.54) is 30.4 Å². The second kappa shape index (κ2) is 5.19. The summed E-state index contributed by atoms with van der Waals surface area (Å²) in [4.78, 5) is 0. The Kier molecular flexibility index (Phi) is 4.19. The number of hydrogen-bond donors (Lipinski definition) is 0. The van der Waals surface area contributed by atoms with Gasteiger partial charge >= 0.3 is 0 Å². The first kappa shape index (κ1) is 11.3. The summed E-state index contributed by atoms with van der Waals surface area (Å²) in [6, 6.07) is 6.63. The molecular formula is C14H22. The zero-order valence-electron chi connectivity index (χ0n) is 9.93. The van der Waals surface area contributed by atoms with Gasteiger partial charge in [-0.25, -0.2) is 0 Å². The third-order valence-corrected chi connectivity index (χ3v) is 3.08. The highest BCUT2D eigenvalue weighted by Gasteiger charge is 2.12. The molecule has 0 saturated carbocycles. The molecule has 0 nitrogen and oxygen atoms in total. The number of hydrogen-bond acceptors (Lipinski definition) is 0. The first-order valence-electron chi connectivity index (χ1n) is 5.76. The average Bonchev–Trinajstić information content (AvgIpc) is 2.16. The third kappa shape index (κ3) is 2.37. The van der Waals surface area contributed by atoms with Gasteiger partial charge < -0.3 is 0 Å². The van der Waals surface area contributed by atoms with Gasteiger partial charge in [-0.2, -0.15) is 0 Å². The Morgan fingerprint density at radius 2 is 1.64 bits per heavy atom. The van der Waals surface area contributed by atoms with E-state index in [1.807, 2.05) is 0 Å². The van der Waals surface area contributed by atoms with E-state index in [1.54, 1.807) is 5.56 Å². The zero-order valence-corrected chi connectivity index (χ0v) is 9.93. The Hall–Kier alpha value is -0.780. The summed E-state index contributed by atoms with van der Waals surface area (Å²) in [7, 11) is 0. The topological polar surface area (TPSA) is 0 Å². The van der Waals surface area contributed by atoms with Crippen molar-refractivity contribution < 1.29 is 0 Å². The first-order chi connectivity index (χ1) is 6.70. The molecule has 1 rings (SSSR count). The van der Waals surface area contributed by atoms with Gasteiger partial charge in [0, 0.05) is 0 Å². The van der Waals surface area contributed by atoms with Crippen molar-refractivity contribution in [2.24, 2.45) is 0 Å². The number of rotatable bonds is 4. The van der Waals surface area contributed by atoms with Crippen LogP contribution >= 0.6 is 0 Å². The highest BCUT2D eigenvalue weighted by molar-refractivity contribution is 5.36. The molecule has 0 aliphatic rings. The van der Waals surface area contributed by atoms with Crippen LogP contribution < -0.4 is 0 Å². The molecule has 1 aromatic carbocycles. The van der Waals surface area contributed by atoms with Crippen molar-refractivity contribution in [3.8, 4) is 0 Å². The average molecular weight is 190 g/mol. The Morgan fingerprint density at radius 1 is 1.07 bits per heavy atom. The fraction of sp³-hybridized carbons (Fsp3) is 0.571. The van der Waals surface area contributed by atoms with Crippen molar-refractivity contribution in [2.45, 2.75) is 52.9 Å². The maximum atomic E-state index is 2.30. The SMILES string of the molecule is CCCC(CC)c1c(C)cccc1C. The molecule has 14 heavy (non-hydrogen) atoms. The van der Waals surface area contributed by atoms with Crippen LogP contribution in [0.4, 0.5) is 0 Å². The van der Waals surface area contributed by atoms with Crippen molar-refractivity contribution >= 4 is 0 Å². The minimum atomic E-state index is 0.765. The molecule has 0 N–H and O–H groups in total. The highest BCUT2D eigenvalue weighted by Crippen LogP contribution is 2.29. The van der Waals surface area contributed by atoms with E-state index >= 15 is 0 Å². The van der Waals surface area contributed by atoms with Crippen LogP contribution in [-0.2, 0) is 0 Å². The maximum absolute atomic E-state index is 2.30. The van der Waals surface area contributed by atoms with Crippen molar-refractivity contribution in [1.29, 1.82) is 0 Å². The molecule has 1 atom stereocenters. The van der Waals surface area contributed by atoms with Crippen LogP contribution in [0.5, 0.6) is 0 Å². The summed E-state index contributed by atoms with van der Waals surface area (Å²) in [6.45, 7) is 9.05. The van der Waals surface area contributed by atoms with E-state index in [4.69, 9.17) is 0 Å². The molecule has 0 amide bonds.